The SMILES string of the molecule is C=CN(/C=C\C(C)CC)CCCNC(=O)C(CCC)NC. The summed E-state index contributed by atoms with van der Waals surface area (Å²) in [4.78, 5) is 14.0. The fourth-order valence-electron chi connectivity index (χ4n) is 1.91. The van der Waals surface area contributed by atoms with Crippen molar-refractivity contribution in [3.05, 3.63) is 25.1 Å². The first-order valence-electron chi connectivity index (χ1n) is 8.10. The summed E-state index contributed by atoms with van der Waals surface area (Å²) in [5.74, 6) is 0.678. The van der Waals surface area contributed by atoms with Crippen molar-refractivity contribution in [3.8, 4) is 0 Å². The quantitative estimate of drug-likeness (QED) is 0.544. The molecular weight excluding hydrogens is 262 g/mol. The van der Waals surface area contributed by atoms with Gasteiger partial charge in [-0.05, 0) is 38.2 Å². The molecule has 0 fully saturated rings. The topological polar surface area (TPSA) is 44.4 Å². The van der Waals surface area contributed by atoms with Crippen LogP contribution in [0.5, 0.6) is 0 Å². The summed E-state index contributed by atoms with van der Waals surface area (Å²) in [6.45, 7) is 11.9. The number of rotatable bonds is 12. The van der Waals surface area contributed by atoms with E-state index >= 15 is 0 Å². The molecule has 0 saturated heterocycles. The average Bonchev–Trinajstić information content (AvgIpc) is 2.51. The molecule has 0 aliphatic rings. The Bertz CT molecular complexity index is 315. The van der Waals surface area contributed by atoms with Crippen molar-refractivity contribution < 1.29 is 4.79 Å². The van der Waals surface area contributed by atoms with E-state index in [2.05, 4.69) is 55.2 Å². The number of carbonyl (C=O) groups excluding carboxylic acids is 1. The predicted octanol–water partition coefficient (Wildman–Crippen LogP) is 2.89. The molecule has 0 aromatic carbocycles. The highest BCUT2D eigenvalue weighted by molar-refractivity contribution is 5.81. The molecule has 0 radical (unpaired) electrons. The predicted molar refractivity (Wildman–Crippen MR) is 90.9 cm³/mol. The lowest BCUT2D eigenvalue weighted by Crippen LogP contribution is -2.43. The van der Waals surface area contributed by atoms with Gasteiger partial charge in [-0.3, -0.25) is 4.79 Å². The van der Waals surface area contributed by atoms with Gasteiger partial charge in [-0.2, -0.15) is 0 Å². The van der Waals surface area contributed by atoms with Crippen LogP contribution < -0.4 is 10.6 Å². The fourth-order valence-corrected chi connectivity index (χ4v) is 1.91. The molecule has 0 aromatic heterocycles. The smallest absolute Gasteiger partial charge is 0.237 e. The van der Waals surface area contributed by atoms with Crippen LogP contribution in [0.1, 0.15) is 46.5 Å². The van der Waals surface area contributed by atoms with Gasteiger partial charge < -0.3 is 15.5 Å². The van der Waals surface area contributed by atoms with E-state index in [0.717, 1.165) is 32.2 Å². The minimum absolute atomic E-state index is 0.0733. The molecule has 0 spiro atoms. The molecule has 2 N–H and O–H groups in total. The van der Waals surface area contributed by atoms with E-state index in [9.17, 15) is 4.79 Å². The summed E-state index contributed by atoms with van der Waals surface area (Å²) in [5, 5.41) is 6.04. The van der Waals surface area contributed by atoms with Crippen LogP contribution in [0.15, 0.2) is 25.1 Å². The van der Waals surface area contributed by atoms with Crippen LogP contribution in [0.4, 0.5) is 0 Å². The number of allylic oxidation sites excluding steroid dienone is 1. The minimum atomic E-state index is -0.0733. The Labute approximate surface area is 130 Å². The van der Waals surface area contributed by atoms with Gasteiger partial charge in [0, 0.05) is 13.1 Å². The van der Waals surface area contributed by atoms with Gasteiger partial charge in [-0.15, -0.1) is 0 Å². The highest BCUT2D eigenvalue weighted by Gasteiger charge is 2.13. The molecule has 0 aliphatic heterocycles. The van der Waals surface area contributed by atoms with Crippen LogP contribution in [-0.4, -0.2) is 37.0 Å². The Morgan fingerprint density at radius 2 is 2.10 bits per heavy atom. The monoisotopic (exact) mass is 295 g/mol. The number of carbonyl (C=O) groups is 1. The lowest BCUT2D eigenvalue weighted by molar-refractivity contribution is -0.123. The Balaban J connectivity index is 3.98. The Hall–Kier alpha value is -1.29. The molecule has 0 rings (SSSR count). The number of hydrogen-bond acceptors (Lipinski definition) is 3. The van der Waals surface area contributed by atoms with E-state index in [4.69, 9.17) is 0 Å². The molecule has 4 nitrogen and oxygen atoms in total. The van der Waals surface area contributed by atoms with Gasteiger partial charge in [0.25, 0.3) is 0 Å². The summed E-state index contributed by atoms with van der Waals surface area (Å²) in [5.41, 5.74) is 0. The summed E-state index contributed by atoms with van der Waals surface area (Å²) in [6.07, 6.45) is 10.0. The van der Waals surface area contributed by atoms with Crippen molar-refractivity contribution >= 4 is 5.91 Å². The molecule has 21 heavy (non-hydrogen) atoms. The lowest BCUT2D eigenvalue weighted by atomic mass is 10.1. The molecular formula is C17H33N3O. The highest BCUT2D eigenvalue weighted by Crippen LogP contribution is 2.04. The summed E-state index contributed by atoms with van der Waals surface area (Å²) >= 11 is 0. The minimum Gasteiger partial charge on any atom is -0.355 e. The molecule has 122 valence electrons. The number of hydrogen-bond donors (Lipinski definition) is 2. The van der Waals surface area contributed by atoms with Crippen LogP contribution in [0.3, 0.4) is 0 Å². The van der Waals surface area contributed by atoms with Crippen molar-refractivity contribution in [2.24, 2.45) is 5.92 Å². The van der Waals surface area contributed by atoms with Crippen molar-refractivity contribution in [1.29, 1.82) is 0 Å². The Morgan fingerprint density at radius 3 is 2.62 bits per heavy atom. The van der Waals surface area contributed by atoms with Crippen molar-refractivity contribution in [3.63, 3.8) is 0 Å². The number of amides is 1. The van der Waals surface area contributed by atoms with Crippen LogP contribution in [-0.2, 0) is 4.79 Å². The Morgan fingerprint density at radius 1 is 1.38 bits per heavy atom. The molecule has 1 amide bonds. The van der Waals surface area contributed by atoms with Gasteiger partial charge in [0.1, 0.15) is 0 Å². The van der Waals surface area contributed by atoms with Gasteiger partial charge in [0.15, 0.2) is 0 Å². The Kier molecular flexibility index (Phi) is 11.7. The molecule has 0 aromatic rings. The third-order valence-electron chi connectivity index (χ3n) is 3.62. The molecule has 0 saturated carbocycles. The van der Waals surface area contributed by atoms with Crippen molar-refractivity contribution in [2.75, 3.05) is 20.1 Å². The maximum Gasteiger partial charge on any atom is 0.237 e. The zero-order valence-corrected chi connectivity index (χ0v) is 14.2. The average molecular weight is 295 g/mol. The van der Waals surface area contributed by atoms with Gasteiger partial charge in [-0.25, -0.2) is 0 Å². The molecule has 2 atom stereocenters. The lowest BCUT2D eigenvalue weighted by Gasteiger charge is -2.18. The van der Waals surface area contributed by atoms with E-state index in [-0.39, 0.29) is 11.9 Å². The second-order valence-corrected chi connectivity index (χ2v) is 5.42. The second kappa shape index (κ2) is 12.5. The standard InChI is InChI=1S/C17H33N3O/c1-6-10-16(18-5)17(21)19-12-9-13-20(8-3)14-11-15(4)7-2/h8,11,14-16,18H,3,6-7,9-10,12-13H2,1-2,4-5H3,(H,19,21)/b14-11-. The first-order chi connectivity index (χ1) is 10.1. The number of likely N-dealkylation sites (N-methyl/N-ethyl adjacent to an activating group) is 1. The first-order valence-corrected chi connectivity index (χ1v) is 8.10. The molecule has 0 aliphatic carbocycles. The van der Waals surface area contributed by atoms with Crippen molar-refractivity contribution in [2.45, 2.75) is 52.5 Å². The third kappa shape index (κ3) is 9.29. The maximum atomic E-state index is 11.9. The maximum absolute atomic E-state index is 11.9. The molecule has 4 heteroatoms. The van der Waals surface area contributed by atoms with Gasteiger partial charge >= 0.3 is 0 Å². The fraction of sp³-hybridized carbons (Fsp3) is 0.706. The number of nitrogens with zero attached hydrogens (tertiary/aromatic N) is 1. The largest absolute Gasteiger partial charge is 0.355 e. The second-order valence-electron chi connectivity index (χ2n) is 5.42. The van der Waals surface area contributed by atoms with Crippen LogP contribution in [0.2, 0.25) is 0 Å². The molecule has 0 bridgehead atoms. The first kappa shape index (κ1) is 19.7. The summed E-state index contributed by atoms with van der Waals surface area (Å²) in [6, 6.07) is -0.0733. The normalized spacial score (nSPS) is 13.9. The molecule has 2 unspecified atom stereocenters. The van der Waals surface area contributed by atoms with Gasteiger partial charge in [0.05, 0.1) is 6.04 Å². The third-order valence-corrected chi connectivity index (χ3v) is 3.62. The van der Waals surface area contributed by atoms with E-state index in [1.807, 2.05) is 13.2 Å². The van der Waals surface area contributed by atoms with Gasteiger partial charge in [-0.1, -0.05) is 46.3 Å². The van der Waals surface area contributed by atoms with Gasteiger partial charge in [0.2, 0.25) is 5.91 Å². The van der Waals surface area contributed by atoms with E-state index in [1.54, 1.807) is 0 Å². The van der Waals surface area contributed by atoms with Crippen LogP contribution in [0.25, 0.3) is 0 Å². The van der Waals surface area contributed by atoms with E-state index in [1.165, 1.54) is 0 Å². The van der Waals surface area contributed by atoms with Crippen LogP contribution in [0, 0.1) is 5.92 Å². The van der Waals surface area contributed by atoms with E-state index < -0.39 is 0 Å². The van der Waals surface area contributed by atoms with Crippen LogP contribution >= 0.6 is 0 Å². The zero-order valence-electron chi connectivity index (χ0n) is 14.2. The highest BCUT2D eigenvalue weighted by atomic mass is 16.2. The van der Waals surface area contributed by atoms with Crippen molar-refractivity contribution in [1.82, 2.24) is 15.5 Å². The van der Waals surface area contributed by atoms with E-state index in [0.29, 0.717) is 12.5 Å². The summed E-state index contributed by atoms with van der Waals surface area (Å²) < 4.78 is 0. The number of nitrogens with one attached hydrogen (secondary N) is 2. The zero-order chi connectivity index (χ0) is 16.1. The molecule has 0 heterocycles. The summed E-state index contributed by atoms with van der Waals surface area (Å²) in [7, 11) is 1.83.